The van der Waals surface area contributed by atoms with Crippen molar-refractivity contribution in [1.29, 1.82) is 0 Å². The number of esters is 3. The summed E-state index contributed by atoms with van der Waals surface area (Å²) < 4.78 is 23.6. The molecule has 9 heteroatoms. The van der Waals surface area contributed by atoms with Gasteiger partial charge in [-0.3, -0.25) is 14.4 Å². The van der Waals surface area contributed by atoms with Crippen LogP contribution in [0.2, 0.25) is 0 Å². The molecule has 0 aromatic carbocycles. The highest BCUT2D eigenvalue weighted by molar-refractivity contribution is 5.70. The molecule has 0 amide bonds. The number of hydrogen-bond acceptors (Lipinski definition) is 9. The first-order valence-electron chi connectivity index (χ1n) is 13.5. The summed E-state index contributed by atoms with van der Waals surface area (Å²) in [7, 11) is 0. The standard InChI is InChI=1S/C28H44O9/c1-8-9-21(31)37-27(6)13-12-20(35-18(5)30)28(7,33)25(32)24-22-15(2)10-11-19(23(22)26(27)36-24)16(3)14-34-17(4)29/h16,19-20,22-26,32-33H,2,8-14H2,1,3-7H3. The molecule has 2 bridgehead atoms. The molecule has 2 saturated heterocycles. The van der Waals surface area contributed by atoms with Crippen LogP contribution in [0.15, 0.2) is 12.2 Å². The lowest BCUT2D eigenvalue weighted by molar-refractivity contribution is -0.197. The first-order valence-corrected chi connectivity index (χ1v) is 13.5. The molecule has 1 saturated carbocycles. The molecule has 10 atom stereocenters. The van der Waals surface area contributed by atoms with Gasteiger partial charge >= 0.3 is 17.9 Å². The van der Waals surface area contributed by atoms with Crippen LogP contribution in [-0.2, 0) is 33.3 Å². The Morgan fingerprint density at radius 3 is 2.46 bits per heavy atom. The maximum atomic E-state index is 12.8. The molecule has 3 aliphatic rings. The van der Waals surface area contributed by atoms with Gasteiger partial charge in [-0.05, 0) is 57.8 Å². The summed E-state index contributed by atoms with van der Waals surface area (Å²) in [6.07, 6.45) is -1.10. The zero-order valence-electron chi connectivity index (χ0n) is 23.0. The Balaban J connectivity index is 2.09. The van der Waals surface area contributed by atoms with Gasteiger partial charge in [0, 0.05) is 32.1 Å². The van der Waals surface area contributed by atoms with E-state index in [-0.39, 0.29) is 61.5 Å². The van der Waals surface area contributed by atoms with Gasteiger partial charge in [-0.25, -0.2) is 0 Å². The van der Waals surface area contributed by atoms with Crippen molar-refractivity contribution in [2.45, 2.75) is 116 Å². The lowest BCUT2D eigenvalue weighted by atomic mass is 9.60. The maximum Gasteiger partial charge on any atom is 0.306 e. The highest BCUT2D eigenvalue weighted by atomic mass is 16.6. The van der Waals surface area contributed by atoms with E-state index < -0.39 is 41.6 Å². The third-order valence-electron chi connectivity index (χ3n) is 8.64. The number of aliphatic hydroxyl groups excluding tert-OH is 1. The van der Waals surface area contributed by atoms with Gasteiger partial charge in [0.15, 0.2) is 0 Å². The van der Waals surface area contributed by atoms with E-state index in [1.165, 1.54) is 20.8 Å². The molecule has 0 aromatic rings. The van der Waals surface area contributed by atoms with Crippen LogP contribution in [0.1, 0.15) is 80.1 Å². The molecule has 1 aliphatic carbocycles. The van der Waals surface area contributed by atoms with Crippen molar-refractivity contribution in [3.63, 3.8) is 0 Å². The predicted octanol–water partition coefficient (Wildman–Crippen LogP) is 3.09. The first kappa shape index (κ1) is 29.6. The van der Waals surface area contributed by atoms with Crippen LogP contribution in [0.4, 0.5) is 0 Å². The molecule has 2 heterocycles. The Bertz CT molecular complexity index is 883. The predicted molar refractivity (Wildman–Crippen MR) is 134 cm³/mol. The van der Waals surface area contributed by atoms with Gasteiger partial charge in [0.25, 0.3) is 0 Å². The van der Waals surface area contributed by atoms with Gasteiger partial charge < -0.3 is 29.2 Å². The zero-order chi connectivity index (χ0) is 27.7. The van der Waals surface area contributed by atoms with Crippen LogP contribution in [-0.4, -0.2) is 70.3 Å². The van der Waals surface area contributed by atoms with Crippen molar-refractivity contribution in [1.82, 2.24) is 0 Å². The summed E-state index contributed by atoms with van der Waals surface area (Å²) >= 11 is 0. The quantitative estimate of drug-likeness (QED) is 0.293. The second-order valence-corrected chi connectivity index (χ2v) is 11.6. The molecule has 37 heavy (non-hydrogen) atoms. The summed E-state index contributed by atoms with van der Waals surface area (Å²) in [4.78, 5) is 36.2. The van der Waals surface area contributed by atoms with E-state index >= 15 is 0 Å². The van der Waals surface area contributed by atoms with Crippen LogP contribution in [0.25, 0.3) is 0 Å². The summed E-state index contributed by atoms with van der Waals surface area (Å²) in [6.45, 7) is 14.4. The molecule has 9 nitrogen and oxygen atoms in total. The van der Waals surface area contributed by atoms with Gasteiger partial charge in [-0.15, -0.1) is 0 Å². The number of aliphatic hydroxyl groups is 2. The van der Waals surface area contributed by atoms with Crippen molar-refractivity contribution < 1.29 is 43.5 Å². The minimum atomic E-state index is -1.81. The van der Waals surface area contributed by atoms with Crippen LogP contribution in [0, 0.1) is 23.7 Å². The first-order chi connectivity index (χ1) is 17.2. The van der Waals surface area contributed by atoms with E-state index in [9.17, 15) is 24.6 Å². The number of rotatable bonds is 7. The van der Waals surface area contributed by atoms with E-state index in [1.807, 2.05) is 20.8 Å². The molecular formula is C28H44O9. The van der Waals surface area contributed by atoms with Crippen LogP contribution < -0.4 is 0 Å². The molecule has 2 N–H and O–H groups in total. The number of carbonyl (C=O) groups excluding carboxylic acids is 3. The van der Waals surface area contributed by atoms with Crippen LogP contribution in [0.3, 0.4) is 0 Å². The van der Waals surface area contributed by atoms with Gasteiger partial charge in [0.2, 0.25) is 0 Å². The fourth-order valence-electron chi connectivity index (χ4n) is 6.69. The van der Waals surface area contributed by atoms with Crippen molar-refractivity contribution in [2.24, 2.45) is 23.7 Å². The van der Waals surface area contributed by atoms with E-state index in [0.717, 1.165) is 12.0 Å². The van der Waals surface area contributed by atoms with E-state index in [4.69, 9.17) is 18.9 Å². The molecule has 3 fully saturated rings. The lowest BCUT2D eigenvalue weighted by Gasteiger charge is -2.47. The highest BCUT2D eigenvalue weighted by Crippen LogP contribution is 2.56. The van der Waals surface area contributed by atoms with Crippen LogP contribution >= 0.6 is 0 Å². The van der Waals surface area contributed by atoms with Crippen molar-refractivity contribution in [2.75, 3.05) is 6.61 Å². The molecular weight excluding hydrogens is 480 g/mol. The van der Waals surface area contributed by atoms with Gasteiger partial charge in [0.05, 0.1) is 12.7 Å². The largest absolute Gasteiger partial charge is 0.466 e. The molecule has 0 aromatic heterocycles. The average molecular weight is 525 g/mol. The molecule has 2 aliphatic heterocycles. The SMILES string of the molecule is C=C1CCC(C(C)COC(C)=O)C2C1C1OC2C(C)(OC(=O)CCC)CCC(OC(C)=O)C(C)(O)C1O. The smallest absolute Gasteiger partial charge is 0.306 e. The Morgan fingerprint density at radius 1 is 1.19 bits per heavy atom. The topological polar surface area (TPSA) is 129 Å². The minimum absolute atomic E-state index is 0.0145. The Labute approximate surface area is 219 Å². The summed E-state index contributed by atoms with van der Waals surface area (Å²) in [5, 5.41) is 23.1. The normalized spacial score (nSPS) is 40.4. The Kier molecular flexibility index (Phi) is 9.13. The van der Waals surface area contributed by atoms with Crippen molar-refractivity contribution in [3.05, 3.63) is 12.2 Å². The Hall–Kier alpha value is -1.97. The van der Waals surface area contributed by atoms with Crippen molar-refractivity contribution in [3.8, 4) is 0 Å². The zero-order valence-corrected chi connectivity index (χ0v) is 23.0. The van der Waals surface area contributed by atoms with Gasteiger partial charge in [0.1, 0.15) is 29.5 Å². The molecule has 10 unspecified atom stereocenters. The van der Waals surface area contributed by atoms with Gasteiger partial charge in [-0.2, -0.15) is 0 Å². The number of carbonyl (C=O) groups is 3. The maximum absolute atomic E-state index is 12.8. The highest BCUT2D eigenvalue weighted by Gasteiger charge is 2.63. The summed E-state index contributed by atoms with van der Waals surface area (Å²) in [5.74, 6) is -1.78. The van der Waals surface area contributed by atoms with Crippen molar-refractivity contribution >= 4 is 17.9 Å². The number of hydrogen-bond donors (Lipinski definition) is 2. The fraction of sp³-hybridized carbons (Fsp3) is 0.821. The third-order valence-corrected chi connectivity index (χ3v) is 8.64. The Morgan fingerprint density at radius 2 is 1.86 bits per heavy atom. The summed E-state index contributed by atoms with van der Waals surface area (Å²) in [5.41, 5.74) is -2.03. The molecule has 0 radical (unpaired) electrons. The van der Waals surface area contributed by atoms with E-state index in [2.05, 4.69) is 6.58 Å². The molecule has 210 valence electrons. The van der Waals surface area contributed by atoms with Crippen LogP contribution in [0.5, 0.6) is 0 Å². The molecule has 0 spiro atoms. The second-order valence-electron chi connectivity index (χ2n) is 11.6. The average Bonchev–Trinajstić information content (AvgIpc) is 3.22. The fourth-order valence-corrected chi connectivity index (χ4v) is 6.69. The van der Waals surface area contributed by atoms with E-state index in [0.29, 0.717) is 12.8 Å². The monoisotopic (exact) mass is 524 g/mol. The van der Waals surface area contributed by atoms with Gasteiger partial charge in [-0.1, -0.05) is 26.0 Å². The molecule has 3 rings (SSSR count). The third kappa shape index (κ3) is 6.04. The van der Waals surface area contributed by atoms with E-state index in [1.54, 1.807) is 0 Å². The number of ether oxygens (including phenoxy) is 4. The number of fused-ring (bicyclic) bond motifs is 5. The minimum Gasteiger partial charge on any atom is -0.466 e. The lowest BCUT2D eigenvalue weighted by Crippen LogP contribution is -2.58. The summed E-state index contributed by atoms with van der Waals surface area (Å²) in [6, 6.07) is 0. The second kappa shape index (κ2) is 11.4.